The molecule has 1 heterocycles. The summed E-state index contributed by atoms with van der Waals surface area (Å²) in [4.78, 5) is 14.4. The van der Waals surface area contributed by atoms with Crippen LogP contribution in [0.25, 0.3) is 0 Å². The molecule has 0 unspecified atom stereocenters. The molecule has 0 aliphatic heterocycles. The van der Waals surface area contributed by atoms with Gasteiger partial charge in [0.15, 0.2) is 10.8 Å². The molecule has 7 heteroatoms. The first-order valence-corrected chi connectivity index (χ1v) is 5.53. The van der Waals surface area contributed by atoms with Gasteiger partial charge in [0.2, 0.25) is 0 Å². The Hall–Kier alpha value is -1.37. The lowest BCUT2D eigenvalue weighted by Crippen LogP contribution is -2.35. The van der Waals surface area contributed by atoms with Crippen LogP contribution in [0.2, 0.25) is 0 Å². The minimum atomic E-state index is -4.08. The van der Waals surface area contributed by atoms with Crippen molar-refractivity contribution in [2.45, 2.75) is 17.2 Å². The maximum atomic E-state index is 13.3. The summed E-state index contributed by atoms with van der Waals surface area (Å²) in [6.07, 6.45) is 1.22. The first kappa shape index (κ1) is 12.7. The van der Waals surface area contributed by atoms with E-state index in [-0.39, 0.29) is 11.6 Å². The molecule has 0 radical (unpaired) electrons. The van der Waals surface area contributed by atoms with Crippen molar-refractivity contribution in [2.24, 2.45) is 0 Å². The SMILES string of the molecule is CCOC(=O)C(F)(F)[S@](=O)c1ccccn1. The van der Waals surface area contributed by atoms with Crippen molar-refractivity contribution >= 4 is 16.8 Å². The smallest absolute Gasteiger partial charge is 0.421 e. The highest BCUT2D eigenvalue weighted by molar-refractivity contribution is 7.86. The number of hydrogen-bond donors (Lipinski definition) is 0. The summed E-state index contributed by atoms with van der Waals surface area (Å²) in [6, 6.07) is 4.05. The Labute approximate surface area is 93.1 Å². The highest BCUT2D eigenvalue weighted by atomic mass is 32.2. The van der Waals surface area contributed by atoms with E-state index in [9.17, 15) is 17.8 Å². The van der Waals surface area contributed by atoms with Crippen LogP contribution in [0.15, 0.2) is 29.4 Å². The molecule has 0 N–H and O–H groups in total. The summed E-state index contributed by atoms with van der Waals surface area (Å²) in [5.74, 6) is -1.81. The van der Waals surface area contributed by atoms with E-state index in [1.165, 1.54) is 25.3 Å². The molecule has 1 aromatic rings. The van der Waals surface area contributed by atoms with Crippen LogP contribution in [0.3, 0.4) is 0 Å². The van der Waals surface area contributed by atoms with Crippen LogP contribution in [0.1, 0.15) is 6.92 Å². The molecule has 0 spiro atoms. The second-order valence-corrected chi connectivity index (χ2v) is 4.14. The van der Waals surface area contributed by atoms with E-state index in [4.69, 9.17) is 0 Å². The Kier molecular flexibility index (Phi) is 4.05. The van der Waals surface area contributed by atoms with Gasteiger partial charge in [-0.05, 0) is 19.1 Å². The molecule has 1 aromatic heterocycles. The lowest BCUT2D eigenvalue weighted by atomic mass is 10.5. The first-order valence-electron chi connectivity index (χ1n) is 4.38. The monoisotopic (exact) mass is 249 g/mol. The van der Waals surface area contributed by atoms with E-state index < -0.39 is 22.0 Å². The fourth-order valence-corrected chi connectivity index (χ4v) is 1.71. The Morgan fingerprint density at radius 3 is 2.75 bits per heavy atom. The van der Waals surface area contributed by atoms with E-state index in [1.807, 2.05) is 0 Å². The molecule has 4 nitrogen and oxygen atoms in total. The van der Waals surface area contributed by atoms with Crippen molar-refractivity contribution in [3.8, 4) is 0 Å². The van der Waals surface area contributed by atoms with Gasteiger partial charge in [0.1, 0.15) is 5.03 Å². The van der Waals surface area contributed by atoms with E-state index >= 15 is 0 Å². The standard InChI is InChI=1S/C9H9F2NO3S/c1-2-15-8(13)9(10,11)16(14)7-5-3-4-6-12-7/h3-6H,2H2,1H3/t16-/m1/s1. The summed E-state index contributed by atoms with van der Waals surface area (Å²) in [5.41, 5.74) is 0. The lowest BCUT2D eigenvalue weighted by Gasteiger charge is -2.13. The number of ether oxygens (including phenoxy) is 1. The Morgan fingerprint density at radius 1 is 1.56 bits per heavy atom. The molecule has 1 atom stereocenters. The molecular weight excluding hydrogens is 240 g/mol. The minimum Gasteiger partial charge on any atom is -0.461 e. The van der Waals surface area contributed by atoms with E-state index in [0.29, 0.717) is 0 Å². The number of carbonyl (C=O) groups excluding carboxylic acids is 1. The van der Waals surface area contributed by atoms with Gasteiger partial charge >= 0.3 is 11.2 Å². The molecule has 0 saturated carbocycles. The van der Waals surface area contributed by atoms with Crippen molar-refractivity contribution in [1.82, 2.24) is 4.98 Å². The predicted molar refractivity (Wildman–Crippen MR) is 52.2 cm³/mol. The number of hydrogen-bond acceptors (Lipinski definition) is 4. The largest absolute Gasteiger partial charge is 0.461 e. The molecule has 0 fully saturated rings. The molecule has 0 amide bonds. The number of rotatable bonds is 4. The zero-order valence-corrected chi connectivity index (χ0v) is 9.17. The number of esters is 1. The van der Waals surface area contributed by atoms with Gasteiger partial charge in [-0.1, -0.05) is 6.07 Å². The third kappa shape index (κ3) is 2.60. The summed E-state index contributed by atoms with van der Waals surface area (Å²) < 4.78 is 42.1. The normalized spacial score (nSPS) is 13.2. The van der Waals surface area contributed by atoms with Gasteiger partial charge < -0.3 is 4.74 Å². The number of aromatic nitrogens is 1. The Morgan fingerprint density at radius 2 is 2.25 bits per heavy atom. The van der Waals surface area contributed by atoms with Crippen molar-refractivity contribution < 1.29 is 22.5 Å². The Bertz CT molecular complexity index is 397. The maximum absolute atomic E-state index is 13.3. The highest BCUT2D eigenvalue weighted by Crippen LogP contribution is 2.25. The second kappa shape index (κ2) is 5.11. The van der Waals surface area contributed by atoms with Gasteiger partial charge in [-0.25, -0.2) is 14.0 Å². The fourth-order valence-electron chi connectivity index (χ4n) is 0.879. The molecule has 0 saturated heterocycles. The van der Waals surface area contributed by atoms with Crippen molar-refractivity contribution in [3.63, 3.8) is 0 Å². The van der Waals surface area contributed by atoms with Crippen LogP contribution in [0.5, 0.6) is 0 Å². The second-order valence-electron chi connectivity index (χ2n) is 2.67. The van der Waals surface area contributed by atoms with Gasteiger partial charge in [0.25, 0.3) is 0 Å². The average Bonchev–Trinajstić information content (AvgIpc) is 2.29. The highest BCUT2D eigenvalue weighted by Gasteiger charge is 2.48. The number of alkyl halides is 2. The number of pyridine rings is 1. The lowest BCUT2D eigenvalue weighted by molar-refractivity contribution is -0.159. The van der Waals surface area contributed by atoms with E-state index in [2.05, 4.69) is 9.72 Å². The summed E-state index contributed by atoms with van der Waals surface area (Å²) in [7, 11) is -2.84. The topological polar surface area (TPSA) is 56.3 Å². The average molecular weight is 249 g/mol. The van der Waals surface area contributed by atoms with Crippen molar-refractivity contribution in [3.05, 3.63) is 24.4 Å². The van der Waals surface area contributed by atoms with E-state index in [1.54, 1.807) is 0 Å². The van der Waals surface area contributed by atoms with Gasteiger partial charge in [0, 0.05) is 6.20 Å². The fraction of sp³-hybridized carbons (Fsp3) is 0.333. The van der Waals surface area contributed by atoms with Crippen molar-refractivity contribution in [1.29, 1.82) is 0 Å². The van der Waals surface area contributed by atoms with Crippen molar-refractivity contribution in [2.75, 3.05) is 6.61 Å². The van der Waals surface area contributed by atoms with Crippen LogP contribution in [0.4, 0.5) is 8.78 Å². The molecule has 0 bridgehead atoms. The zero-order valence-electron chi connectivity index (χ0n) is 8.35. The quantitative estimate of drug-likeness (QED) is 0.756. The Balaban J connectivity index is 2.92. The maximum Gasteiger partial charge on any atom is 0.421 e. The van der Waals surface area contributed by atoms with E-state index in [0.717, 1.165) is 6.07 Å². The zero-order chi connectivity index (χ0) is 12.2. The van der Waals surface area contributed by atoms with Crippen LogP contribution < -0.4 is 0 Å². The molecule has 1 rings (SSSR count). The third-order valence-electron chi connectivity index (χ3n) is 1.57. The molecule has 16 heavy (non-hydrogen) atoms. The molecular formula is C9H9F2NO3S. The first-order chi connectivity index (χ1) is 7.50. The van der Waals surface area contributed by atoms with Crippen LogP contribution >= 0.6 is 0 Å². The third-order valence-corrected chi connectivity index (χ3v) is 2.83. The minimum absolute atomic E-state index is 0.201. The van der Waals surface area contributed by atoms with Gasteiger partial charge in [-0.3, -0.25) is 0 Å². The summed E-state index contributed by atoms with van der Waals surface area (Å²) in [5, 5.41) is -4.44. The van der Waals surface area contributed by atoms with Crippen LogP contribution in [-0.2, 0) is 20.3 Å². The van der Waals surface area contributed by atoms with Crippen LogP contribution in [-0.4, -0.2) is 27.0 Å². The number of nitrogens with zero attached hydrogens (tertiary/aromatic N) is 1. The molecule has 0 aliphatic carbocycles. The van der Waals surface area contributed by atoms with Gasteiger partial charge in [-0.2, -0.15) is 8.78 Å². The van der Waals surface area contributed by atoms with Gasteiger partial charge in [-0.15, -0.1) is 0 Å². The molecule has 0 aromatic carbocycles. The predicted octanol–water partition coefficient (Wildman–Crippen LogP) is 1.35. The molecule has 0 aliphatic rings. The summed E-state index contributed by atoms with van der Waals surface area (Å²) >= 11 is 0. The van der Waals surface area contributed by atoms with Crippen LogP contribution in [0, 0.1) is 0 Å². The summed E-state index contributed by atoms with van der Waals surface area (Å²) in [6.45, 7) is 1.19. The number of halogens is 2. The number of carbonyl (C=O) groups is 1. The van der Waals surface area contributed by atoms with Gasteiger partial charge in [0.05, 0.1) is 6.61 Å². The molecule has 88 valence electrons.